The first-order valence-corrected chi connectivity index (χ1v) is 8.08. The highest BCUT2D eigenvalue weighted by atomic mass is 35.5. The summed E-state index contributed by atoms with van der Waals surface area (Å²) in [4.78, 5) is 11.8. The molecule has 6 heteroatoms. The molecule has 1 fully saturated rings. The van der Waals surface area contributed by atoms with Crippen LogP contribution in [0.2, 0.25) is 0 Å². The average Bonchev–Trinajstić information content (AvgIpc) is 3.36. The van der Waals surface area contributed by atoms with Gasteiger partial charge in [0.25, 0.3) is 0 Å². The van der Waals surface area contributed by atoms with Gasteiger partial charge in [-0.2, -0.15) is 0 Å². The molecule has 1 aromatic rings. The van der Waals surface area contributed by atoms with Gasteiger partial charge in [0.05, 0.1) is 13.2 Å². The van der Waals surface area contributed by atoms with E-state index >= 15 is 0 Å². The van der Waals surface area contributed by atoms with Gasteiger partial charge in [-0.3, -0.25) is 4.79 Å². The summed E-state index contributed by atoms with van der Waals surface area (Å²) in [7, 11) is 0. The van der Waals surface area contributed by atoms with Gasteiger partial charge in [-0.25, -0.2) is 0 Å². The second kappa shape index (κ2) is 10.3. The van der Waals surface area contributed by atoms with E-state index in [1.54, 1.807) is 0 Å². The number of carbonyl (C=O) groups is 1. The van der Waals surface area contributed by atoms with Crippen molar-refractivity contribution < 1.29 is 14.3 Å². The molecule has 2 rings (SSSR count). The molecule has 3 N–H and O–H groups in total. The molecule has 0 spiro atoms. The van der Waals surface area contributed by atoms with Crippen molar-refractivity contribution in [1.29, 1.82) is 0 Å². The predicted molar refractivity (Wildman–Crippen MR) is 93.3 cm³/mol. The molecule has 0 aliphatic heterocycles. The van der Waals surface area contributed by atoms with Gasteiger partial charge in [0.2, 0.25) is 5.91 Å². The summed E-state index contributed by atoms with van der Waals surface area (Å²) in [6.07, 6.45) is 3.53. The number of amides is 1. The molecule has 0 bridgehead atoms. The number of carbonyl (C=O) groups excluding carboxylic acids is 1. The number of rotatable bonds is 10. The van der Waals surface area contributed by atoms with Gasteiger partial charge in [-0.05, 0) is 56.4 Å². The topological polar surface area (TPSA) is 73.6 Å². The average molecular weight is 343 g/mol. The zero-order chi connectivity index (χ0) is 15.8. The molecule has 1 aliphatic carbocycles. The van der Waals surface area contributed by atoms with Gasteiger partial charge in [-0.15, -0.1) is 12.4 Å². The van der Waals surface area contributed by atoms with Crippen molar-refractivity contribution in [1.82, 2.24) is 5.32 Å². The Morgan fingerprint density at radius 3 is 2.39 bits per heavy atom. The van der Waals surface area contributed by atoms with Crippen molar-refractivity contribution in [2.45, 2.75) is 38.6 Å². The molecule has 0 heterocycles. The molecule has 0 aromatic heterocycles. The zero-order valence-corrected chi connectivity index (χ0v) is 14.4. The highest BCUT2D eigenvalue weighted by molar-refractivity contribution is 5.85. The van der Waals surface area contributed by atoms with Crippen LogP contribution in [0.1, 0.15) is 32.6 Å². The monoisotopic (exact) mass is 342 g/mol. The lowest BCUT2D eigenvalue weighted by molar-refractivity contribution is -0.122. The minimum Gasteiger partial charge on any atom is -0.494 e. The van der Waals surface area contributed by atoms with E-state index in [9.17, 15) is 4.79 Å². The molecule has 1 atom stereocenters. The minimum atomic E-state index is 0. The highest BCUT2D eigenvalue weighted by Gasteiger charge is 2.30. The molecule has 0 radical (unpaired) electrons. The van der Waals surface area contributed by atoms with E-state index in [2.05, 4.69) is 5.32 Å². The fraction of sp³-hybridized carbons (Fsp3) is 0.588. The smallest absolute Gasteiger partial charge is 0.220 e. The van der Waals surface area contributed by atoms with E-state index in [-0.39, 0.29) is 24.4 Å². The SMILES string of the molecule is CCOc1ccc(OCCCC(=O)NC(CN)C2CC2)cc1.Cl. The van der Waals surface area contributed by atoms with Gasteiger partial charge in [0.1, 0.15) is 11.5 Å². The van der Waals surface area contributed by atoms with Crippen LogP contribution in [0.4, 0.5) is 0 Å². The third-order valence-corrected chi connectivity index (χ3v) is 3.74. The summed E-state index contributed by atoms with van der Waals surface area (Å²) in [6.45, 7) is 3.66. The Morgan fingerprint density at radius 2 is 1.87 bits per heavy atom. The van der Waals surface area contributed by atoms with Crippen molar-refractivity contribution >= 4 is 18.3 Å². The molecule has 5 nitrogen and oxygen atoms in total. The van der Waals surface area contributed by atoms with Gasteiger partial charge >= 0.3 is 0 Å². The normalized spacial score (nSPS) is 14.5. The molecule has 130 valence electrons. The highest BCUT2D eigenvalue weighted by Crippen LogP contribution is 2.32. The largest absolute Gasteiger partial charge is 0.494 e. The van der Waals surface area contributed by atoms with Crippen LogP contribution in [0.25, 0.3) is 0 Å². The molecule has 1 aromatic carbocycles. The maximum Gasteiger partial charge on any atom is 0.220 e. The lowest BCUT2D eigenvalue weighted by atomic mass is 10.2. The van der Waals surface area contributed by atoms with Crippen LogP contribution in [-0.4, -0.2) is 31.7 Å². The fourth-order valence-corrected chi connectivity index (χ4v) is 2.37. The van der Waals surface area contributed by atoms with Gasteiger partial charge in [0, 0.05) is 19.0 Å². The first-order valence-electron chi connectivity index (χ1n) is 8.08. The van der Waals surface area contributed by atoms with Crippen LogP contribution in [0, 0.1) is 5.92 Å². The molecule has 0 saturated heterocycles. The Hall–Kier alpha value is -1.46. The molecule has 1 unspecified atom stereocenters. The molecular formula is C17H27ClN2O3. The maximum absolute atomic E-state index is 11.8. The minimum absolute atomic E-state index is 0. The van der Waals surface area contributed by atoms with Crippen LogP contribution < -0.4 is 20.5 Å². The summed E-state index contributed by atoms with van der Waals surface area (Å²) < 4.78 is 11.0. The quantitative estimate of drug-likeness (QED) is 0.641. The van der Waals surface area contributed by atoms with Gasteiger partial charge in [0.15, 0.2) is 0 Å². The number of hydrogen-bond acceptors (Lipinski definition) is 4. The third-order valence-electron chi connectivity index (χ3n) is 3.74. The number of benzene rings is 1. The van der Waals surface area contributed by atoms with Crippen LogP contribution in [0.5, 0.6) is 11.5 Å². The molecular weight excluding hydrogens is 316 g/mol. The van der Waals surface area contributed by atoms with E-state index in [1.807, 2.05) is 31.2 Å². The lowest BCUT2D eigenvalue weighted by Crippen LogP contribution is -2.41. The zero-order valence-electron chi connectivity index (χ0n) is 13.6. The van der Waals surface area contributed by atoms with Crippen LogP contribution in [-0.2, 0) is 4.79 Å². The second-order valence-electron chi connectivity index (χ2n) is 5.60. The summed E-state index contributed by atoms with van der Waals surface area (Å²) in [5.41, 5.74) is 5.68. The first-order chi connectivity index (χ1) is 10.7. The van der Waals surface area contributed by atoms with Crippen molar-refractivity contribution in [2.75, 3.05) is 19.8 Å². The van der Waals surface area contributed by atoms with E-state index in [1.165, 1.54) is 12.8 Å². The number of ether oxygens (including phenoxy) is 2. The Bertz CT molecular complexity index is 463. The number of halogens is 1. The van der Waals surface area contributed by atoms with Crippen LogP contribution in [0.3, 0.4) is 0 Å². The van der Waals surface area contributed by atoms with Crippen molar-refractivity contribution in [3.8, 4) is 11.5 Å². The molecule has 1 aliphatic rings. The van der Waals surface area contributed by atoms with Crippen molar-refractivity contribution in [2.24, 2.45) is 11.7 Å². The summed E-state index contributed by atoms with van der Waals surface area (Å²) in [5.74, 6) is 2.29. The molecule has 23 heavy (non-hydrogen) atoms. The van der Waals surface area contributed by atoms with Crippen LogP contribution >= 0.6 is 12.4 Å². The maximum atomic E-state index is 11.8. The van der Waals surface area contributed by atoms with Gasteiger partial charge < -0.3 is 20.5 Å². The molecule has 1 amide bonds. The summed E-state index contributed by atoms with van der Waals surface area (Å²) in [6, 6.07) is 7.67. The van der Waals surface area contributed by atoms with Crippen molar-refractivity contribution in [3.63, 3.8) is 0 Å². The Kier molecular flexibility index (Phi) is 8.81. The Morgan fingerprint density at radius 1 is 1.26 bits per heavy atom. The lowest BCUT2D eigenvalue weighted by Gasteiger charge is -2.16. The van der Waals surface area contributed by atoms with E-state index < -0.39 is 0 Å². The predicted octanol–water partition coefficient (Wildman–Crippen LogP) is 2.52. The first kappa shape index (κ1) is 19.6. The van der Waals surface area contributed by atoms with Gasteiger partial charge in [-0.1, -0.05) is 0 Å². The summed E-state index contributed by atoms with van der Waals surface area (Å²) >= 11 is 0. The van der Waals surface area contributed by atoms with E-state index in [4.69, 9.17) is 15.2 Å². The summed E-state index contributed by atoms with van der Waals surface area (Å²) in [5, 5.41) is 3.01. The molecule has 1 saturated carbocycles. The van der Waals surface area contributed by atoms with Crippen molar-refractivity contribution in [3.05, 3.63) is 24.3 Å². The van der Waals surface area contributed by atoms with E-state index in [0.717, 1.165) is 11.5 Å². The van der Waals surface area contributed by atoms with Crippen LogP contribution in [0.15, 0.2) is 24.3 Å². The standard InChI is InChI=1S/C17H26N2O3.ClH/c1-2-21-14-7-9-15(10-8-14)22-11-3-4-17(20)19-16(12-18)13-5-6-13;/h7-10,13,16H,2-6,11-12,18H2,1H3,(H,19,20);1H. The number of nitrogens with two attached hydrogens (primary N) is 1. The number of hydrogen-bond donors (Lipinski definition) is 2. The number of nitrogens with one attached hydrogen (secondary N) is 1. The Balaban J connectivity index is 0.00000264. The second-order valence-corrected chi connectivity index (χ2v) is 5.60. The third kappa shape index (κ3) is 7.10. The Labute approximate surface area is 144 Å². The van der Waals surface area contributed by atoms with E-state index in [0.29, 0.717) is 38.5 Å². The fourth-order valence-electron chi connectivity index (χ4n) is 2.37.